The number of aromatic nitrogens is 2. The Morgan fingerprint density at radius 3 is 2.42 bits per heavy atom. The zero-order valence-corrected chi connectivity index (χ0v) is 14.7. The molecule has 1 unspecified atom stereocenters. The fourth-order valence-corrected chi connectivity index (χ4v) is 2.62. The monoisotopic (exact) mass is 381 g/mol. The van der Waals surface area contributed by atoms with Gasteiger partial charge in [0.2, 0.25) is 15.7 Å². The molecule has 0 aliphatic heterocycles. The maximum Gasteiger partial charge on any atom is 0.341 e. The molecule has 1 aromatic carbocycles. The summed E-state index contributed by atoms with van der Waals surface area (Å²) in [6.45, 7) is 1.98. The number of benzene rings is 1. The molecule has 2 aromatic rings. The SMILES string of the molecule is CNC(C)Cc1noc(Cc2ccc(S(=O)(=O)C(F)F)cc2)n1.Cl. The molecular formula is C14H18ClF2N3O3S. The van der Waals surface area contributed by atoms with Crippen LogP contribution in [-0.4, -0.2) is 37.4 Å². The third-order valence-electron chi connectivity index (χ3n) is 3.33. The molecule has 24 heavy (non-hydrogen) atoms. The number of alkyl halides is 2. The standard InChI is InChI=1S/C14H17F2N3O3S.ClH/c1-9(17-2)7-12-18-13(22-19-12)8-10-3-5-11(6-4-10)23(20,21)14(15)16;/h3-6,9,14,17H,7-8H2,1-2H3;1H. The normalized spacial score (nSPS) is 12.9. The molecule has 1 N–H and O–H groups in total. The van der Waals surface area contributed by atoms with Crippen molar-refractivity contribution >= 4 is 22.2 Å². The van der Waals surface area contributed by atoms with Crippen molar-refractivity contribution in [1.29, 1.82) is 0 Å². The largest absolute Gasteiger partial charge is 0.341 e. The van der Waals surface area contributed by atoms with Gasteiger partial charge < -0.3 is 9.84 Å². The molecule has 2 rings (SSSR count). The first kappa shape index (κ1) is 20.5. The van der Waals surface area contributed by atoms with Crippen molar-refractivity contribution in [2.75, 3.05) is 7.05 Å². The van der Waals surface area contributed by atoms with Crippen LogP contribution in [0.2, 0.25) is 0 Å². The molecule has 0 amide bonds. The Balaban J connectivity index is 0.00000288. The van der Waals surface area contributed by atoms with Gasteiger partial charge in [0.05, 0.1) is 11.3 Å². The van der Waals surface area contributed by atoms with Crippen molar-refractivity contribution in [2.24, 2.45) is 0 Å². The summed E-state index contributed by atoms with van der Waals surface area (Å²) in [4.78, 5) is 3.83. The molecule has 1 heterocycles. The Hall–Kier alpha value is -1.58. The first-order valence-electron chi connectivity index (χ1n) is 6.92. The zero-order valence-electron chi connectivity index (χ0n) is 13.1. The summed E-state index contributed by atoms with van der Waals surface area (Å²) in [5.74, 6) is -2.48. The summed E-state index contributed by atoms with van der Waals surface area (Å²) < 4.78 is 52.7. The molecule has 0 radical (unpaired) electrons. The molecule has 1 atom stereocenters. The number of sulfone groups is 1. The van der Waals surface area contributed by atoms with Gasteiger partial charge in [-0.1, -0.05) is 17.3 Å². The van der Waals surface area contributed by atoms with Gasteiger partial charge in [0, 0.05) is 12.5 Å². The first-order valence-corrected chi connectivity index (χ1v) is 8.47. The molecule has 1 aromatic heterocycles. The number of rotatable bonds is 7. The summed E-state index contributed by atoms with van der Waals surface area (Å²) in [5.41, 5.74) is 0.690. The van der Waals surface area contributed by atoms with Crippen molar-refractivity contribution in [1.82, 2.24) is 15.5 Å². The second-order valence-corrected chi connectivity index (χ2v) is 7.04. The van der Waals surface area contributed by atoms with E-state index in [9.17, 15) is 17.2 Å². The lowest BCUT2D eigenvalue weighted by Crippen LogP contribution is -2.24. The van der Waals surface area contributed by atoms with E-state index in [1.807, 2.05) is 14.0 Å². The molecule has 0 aliphatic carbocycles. The van der Waals surface area contributed by atoms with E-state index in [-0.39, 0.29) is 18.4 Å². The minimum atomic E-state index is -4.57. The van der Waals surface area contributed by atoms with Crippen LogP contribution in [0.3, 0.4) is 0 Å². The molecule has 0 saturated heterocycles. The predicted octanol–water partition coefficient (Wildman–Crippen LogP) is 2.23. The molecule has 0 saturated carbocycles. The van der Waals surface area contributed by atoms with Crippen molar-refractivity contribution in [3.8, 4) is 0 Å². The fraction of sp³-hybridized carbons (Fsp3) is 0.429. The second-order valence-electron chi connectivity index (χ2n) is 5.12. The number of halogens is 3. The van der Waals surface area contributed by atoms with Crippen LogP contribution >= 0.6 is 12.4 Å². The Morgan fingerprint density at radius 2 is 1.88 bits per heavy atom. The number of nitrogens with one attached hydrogen (secondary N) is 1. The Kier molecular flexibility index (Phi) is 7.25. The second kappa shape index (κ2) is 8.50. The quantitative estimate of drug-likeness (QED) is 0.791. The van der Waals surface area contributed by atoms with Crippen LogP contribution < -0.4 is 5.32 Å². The number of likely N-dealkylation sites (N-methyl/N-ethyl adjacent to an activating group) is 1. The molecular weight excluding hydrogens is 364 g/mol. The zero-order chi connectivity index (χ0) is 17.0. The van der Waals surface area contributed by atoms with Gasteiger partial charge in [-0.2, -0.15) is 13.8 Å². The lowest BCUT2D eigenvalue weighted by atomic mass is 10.1. The van der Waals surface area contributed by atoms with E-state index >= 15 is 0 Å². The third-order valence-corrected chi connectivity index (χ3v) is 4.73. The third kappa shape index (κ3) is 4.96. The summed E-state index contributed by atoms with van der Waals surface area (Å²) >= 11 is 0. The average Bonchev–Trinajstić information content (AvgIpc) is 2.94. The van der Waals surface area contributed by atoms with Gasteiger partial charge in [0.25, 0.3) is 0 Å². The van der Waals surface area contributed by atoms with E-state index in [1.54, 1.807) is 0 Å². The smallest absolute Gasteiger partial charge is 0.339 e. The van der Waals surface area contributed by atoms with E-state index < -0.39 is 20.5 Å². The Bertz CT molecular complexity index is 751. The maximum atomic E-state index is 12.5. The van der Waals surface area contributed by atoms with Gasteiger partial charge in [-0.25, -0.2) is 8.42 Å². The van der Waals surface area contributed by atoms with Gasteiger partial charge in [-0.3, -0.25) is 0 Å². The van der Waals surface area contributed by atoms with Gasteiger partial charge >= 0.3 is 5.76 Å². The molecule has 0 fully saturated rings. The lowest BCUT2D eigenvalue weighted by molar-refractivity contribution is 0.234. The topological polar surface area (TPSA) is 85.1 Å². The van der Waals surface area contributed by atoms with Crippen LogP contribution in [0, 0.1) is 0 Å². The van der Waals surface area contributed by atoms with E-state index in [2.05, 4.69) is 15.5 Å². The predicted molar refractivity (Wildman–Crippen MR) is 86.2 cm³/mol. The van der Waals surface area contributed by atoms with E-state index in [0.717, 1.165) is 12.1 Å². The number of hydrogen-bond donors (Lipinski definition) is 1. The van der Waals surface area contributed by atoms with Crippen LogP contribution in [0.5, 0.6) is 0 Å². The van der Waals surface area contributed by atoms with Crippen LogP contribution in [-0.2, 0) is 22.7 Å². The highest BCUT2D eigenvalue weighted by atomic mass is 35.5. The minimum Gasteiger partial charge on any atom is -0.339 e. The van der Waals surface area contributed by atoms with Crippen LogP contribution in [0.25, 0.3) is 0 Å². The lowest BCUT2D eigenvalue weighted by Gasteiger charge is -2.04. The molecule has 6 nitrogen and oxygen atoms in total. The highest BCUT2D eigenvalue weighted by Gasteiger charge is 2.26. The van der Waals surface area contributed by atoms with Crippen molar-refractivity contribution in [3.63, 3.8) is 0 Å². The van der Waals surface area contributed by atoms with Crippen molar-refractivity contribution in [2.45, 2.75) is 36.5 Å². The minimum absolute atomic E-state index is 0. The van der Waals surface area contributed by atoms with E-state index in [1.165, 1.54) is 12.1 Å². The van der Waals surface area contributed by atoms with Crippen molar-refractivity contribution < 1.29 is 21.7 Å². The number of hydrogen-bond acceptors (Lipinski definition) is 6. The molecule has 0 bridgehead atoms. The summed E-state index contributed by atoms with van der Waals surface area (Å²) in [6.07, 6.45) is 0.918. The van der Waals surface area contributed by atoms with E-state index in [4.69, 9.17) is 4.52 Å². The molecule has 0 aliphatic rings. The molecule has 0 spiro atoms. The summed E-state index contributed by atoms with van der Waals surface area (Å²) in [5, 5.41) is 6.92. The summed E-state index contributed by atoms with van der Waals surface area (Å²) in [6, 6.07) is 5.42. The molecule has 10 heteroatoms. The maximum absolute atomic E-state index is 12.5. The van der Waals surface area contributed by atoms with Crippen LogP contribution in [0.15, 0.2) is 33.7 Å². The van der Waals surface area contributed by atoms with Crippen molar-refractivity contribution in [3.05, 3.63) is 41.5 Å². The van der Waals surface area contributed by atoms with Gasteiger partial charge in [0.1, 0.15) is 0 Å². The fourth-order valence-electron chi connectivity index (χ4n) is 1.90. The average molecular weight is 382 g/mol. The summed E-state index contributed by atoms with van der Waals surface area (Å²) in [7, 11) is -2.74. The van der Waals surface area contributed by atoms with Crippen LogP contribution in [0.1, 0.15) is 24.2 Å². The first-order chi connectivity index (χ1) is 10.8. The van der Waals surface area contributed by atoms with E-state index in [0.29, 0.717) is 30.1 Å². The highest BCUT2D eigenvalue weighted by molar-refractivity contribution is 7.91. The molecule has 134 valence electrons. The van der Waals surface area contributed by atoms with Crippen LogP contribution in [0.4, 0.5) is 8.78 Å². The van der Waals surface area contributed by atoms with Gasteiger partial charge in [-0.15, -0.1) is 12.4 Å². The van der Waals surface area contributed by atoms with Gasteiger partial charge in [0.15, 0.2) is 5.82 Å². The highest BCUT2D eigenvalue weighted by Crippen LogP contribution is 2.19. The Morgan fingerprint density at radius 1 is 1.25 bits per heavy atom. The number of nitrogens with zero attached hydrogens (tertiary/aromatic N) is 2. The van der Waals surface area contributed by atoms with Gasteiger partial charge in [-0.05, 0) is 31.7 Å². The Labute approximate surface area is 145 Å².